The van der Waals surface area contributed by atoms with Crippen molar-refractivity contribution in [2.45, 2.75) is 6.42 Å². The first-order chi connectivity index (χ1) is 9.65. The van der Waals surface area contributed by atoms with E-state index in [1.54, 1.807) is 6.20 Å². The summed E-state index contributed by atoms with van der Waals surface area (Å²) in [5.41, 5.74) is 2.98. The average molecular weight is 269 g/mol. The summed E-state index contributed by atoms with van der Waals surface area (Å²) < 4.78 is 0. The Morgan fingerprint density at radius 1 is 1.15 bits per heavy atom. The van der Waals surface area contributed by atoms with Crippen LogP contribution in [0.4, 0.5) is 5.69 Å². The molecule has 1 heterocycles. The minimum atomic E-state index is 0.0350. The summed E-state index contributed by atoms with van der Waals surface area (Å²) in [4.78, 5) is 17.8. The lowest BCUT2D eigenvalue weighted by atomic mass is 10.1. The second kappa shape index (κ2) is 6.82. The molecule has 4 nitrogen and oxygen atoms in total. The van der Waals surface area contributed by atoms with Crippen molar-refractivity contribution >= 4 is 11.6 Å². The summed E-state index contributed by atoms with van der Waals surface area (Å²) >= 11 is 0. The minimum absolute atomic E-state index is 0.0350. The highest BCUT2D eigenvalue weighted by molar-refractivity contribution is 5.91. The Balaban J connectivity index is 1.97. The van der Waals surface area contributed by atoms with Gasteiger partial charge in [0.25, 0.3) is 0 Å². The average Bonchev–Trinajstić information content (AvgIpc) is 2.47. The van der Waals surface area contributed by atoms with E-state index < -0.39 is 0 Å². The van der Waals surface area contributed by atoms with Crippen LogP contribution in [0.1, 0.15) is 6.42 Å². The second-order valence-electron chi connectivity index (χ2n) is 4.92. The highest BCUT2D eigenvalue weighted by Crippen LogP contribution is 2.20. The molecular weight excluding hydrogens is 250 g/mol. The molecule has 2 rings (SSSR count). The maximum absolute atomic E-state index is 11.7. The Bertz CT molecular complexity index is 550. The van der Waals surface area contributed by atoms with Gasteiger partial charge in [-0.3, -0.25) is 9.78 Å². The number of rotatable bonds is 5. The molecule has 1 aromatic carbocycles. The predicted molar refractivity (Wildman–Crippen MR) is 81.5 cm³/mol. The summed E-state index contributed by atoms with van der Waals surface area (Å²) in [6.45, 7) is 0.750. The number of nitrogens with one attached hydrogen (secondary N) is 1. The molecule has 0 bridgehead atoms. The van der Waals surface area contributed by atoms with Crippen molar-refractivity contribution < 1.29 is 4.79 Å². The zero-order chi connectivity index (χ0) is 14.4. The number of hydrogen-bond donors (Lipinski definition) is 1. The summed E-state index contributed by atoms with van der Waals surface area (Å²) in [6.07, 6.45) is 4.07. The molecule has 0 saturated heterocycles. The van der Waals surface area contributed by atoms with Crippen LogP contribution in [0.25, 0.3) is 11.1 Å². The smallest absolute Gasteiger partial charge is 0.225 e. The maximum atomic E-state index is 11.7. The molecule has 1 N–H and O–H groups in total. The first-order valence-corrected chi connectivity index (χ1v) is 6.60. The van der Waals surface area contributed by atoms with E-state index in [1.807, 2.05) is 61.6 Å². The number of nitrogens with zero attached hydrogens (tertiary/aromatic N) is 2. The summed E-state index contributed by atoms with van der Waals surface area (Å²) in [7, 11) is 3.91. The van der Waals surface area contributed by atoms with Crippen LogP contribution in [0.5, 0.6) is 0 Å². The normalized spacial score (nSPS) is 10.6. The number of benzene rings is 1. The number of anilines is 1. The molecular formula is C16H19N3O. The first kappa shape index (κ1) is 14.2. The van der Waals surface area contributed by atoms with E-state index >= 15 is 0 Å². The fourth-order valence-corrected chi connectivity index (χ4v) is 1.83. The number of carbonyl (C=O) groups excluding carboxylic acids is 1. The van der Waals surface area contributed by atoms with Crippen LogP contribution < -0.4 is 5.32 Å². The summed E-state index contributed by atoms with van der Waals surface area (Å²) in [5, 5.41) is 2.89. The Kier molecular flexibility index (Phi) is 4.85. The summed E-state index contributed by atoms with van der Waals surface area (Å²) in [5.74, 6) is 0.0350. The number of carbonyl (C=O) groups is 1. The van der Waals surface area contributed by atoms with E-state index in [0.29, 0.717) is 6.42 Å². The topological polar surface area (TPSA) is 45.2 Å². The Hall–Kier alpha value is -2.20. The molecule has 0 fully saturated rings. The van der Waals surface area contributed by atoms with E-state index in [1.165, 1.54) is 0 Å². The number of pyridine rings is 1. The standard InChI is InChI=1S/C16H19N3O/c1-19(2)11-9-16(20)18-15-7-5-13(6-8-15)14-4-3-10-17-12-14/h3-8,10,12H,9,11H2,1-2H3,(H,18,20). The number of aromatic nitrogens is 1. The molecule has 2 aromatic rings. The third-order valence-electron chi connectivity index (χ3n) is 2.95. The van der Waals surface area contributed by atoms with Gasteiger partial charge in [-0.15, -0.1) is 0 Å². The molecule has 0 atom stereocenters. The fourth-order valence-electron chi connectivity index (χ4n) is 1.83. The van der Waals surface area contributed by atoms with Gasteiger partial charge in [-0.2, -0.15) is 0 Å². The van der Waals surface area contributed by atoms with Gasteiger partial charge < -0.3 is 10.2 Å². The first-order valence-electron chi connectivity index (χ1n) is 6.60. The van der Waals surface area contributed by atoms with Crippen molar-refractivity contribution in [3.05, 3.63) is 48.8 Å². The quantitative estimate of drug-likeness (QED) is 0.907. The maximum Gasteiger partial charge on any atom is 0.225 e. The lowest BCUT2D eigenvalue weighted by Crippen LogP contribution is -2.20. The van der Waals surface area contributed by atoms with Gasteiger partial charge in [-0.1, -0.05) is 18.2 Å². The van der Waals surface area contributed by atoms with Crippen molar-refractivity contribution in [2.24, 2.45) is 0 Å². The van der Waals surface area contributed by atoms with Gasteiger partial charge in [0, 0.05) is 31.0 Å². The van der Waals surface area contributed by atoms with Crippen molar-refractivity contribution in [3.8, 4) is 11.1 Å². The van der Waals surface area contributed by atoms with Crippen LogP contribution in [0.15, 0.2) is 48.8 Å². The third-order valence-corrected chi connectivity index (χ3v) is 2.95. The highest BCUT2D eigenvalue weighted by Gasteiger charge is 2.03. The SMILES string of the molecule is CN(C)CCC(=O)Nc1ccc(-c2cccnc2)cc1. The monoisotopic (exact) mass is 269 g/mol. The van der Waals surface area contributed by atoms with Crippen LogP contribution in [-0.4, -0.2) is 36.4 Å². The fraction of sp³-hybridized carbons (Fsp3) is 0.250. The van der Waals surface area contributed by atoms with Crippen LogP contribution >= 0.6 is 0 Å². The zero-order valence-corrected chi connectivity index (χ0v) is 11.8. The van der Waals surface area contributed by atoms with Gasteiger partial charge in [0.15, 0.2) is 0 Å². The molecule has 0 aliphatic heterocycles. The molecule has 0 aliphatic rings. The highest BCUT2D eigenvalue weighted by atomic mass is 16.1. The molecule has 1 aromatic heterocycles. The Labute approximate surface area is 119 Å². The zero-order valence-electron chi connectivity index (χ0n) is 11.8. The van der Waals surface area contributed by atoms with E-state index in [2.05, 4.69) is 10.3 Å². The van der Waals surface area contributed by atoms with E-state index in [-0.39, 0.29) is 5.91 Å². The Morgan fingerprint density at radius 3 is 2.50 bits per heavy atom. The molecule has 0 saturated carbocycles. The molecule has 20 heavy (non-hydrogen) atoms. The van der Waals surface area contributed by atoms with Gasteiger partial charge in [-0.25, -0.2) is 0 Å². The lowest BCUT2D eigenvalue weighted by Gasteiger charge is -2.10. The lowest BCUT2D eigenvalue weighted by molar-refractivity contribution is -0.116. The van der Waals surface area contributed by atoms with Crippen LogP contribution in [0.3, 0.4) is 0 Å². The number of amides is 1. The summed E-state index contributed by atoms with van der Waals surface area (Å²) in [6, 6.07) is 11.7. The molecule has 0 radical (unpaired) electrons. The van der Waals surface area contributed by atoms with Gasteiger partial charge in [-0.05, 0) is 43.4 Å². The van der Waals surface area contributed by atoms with Crippen LogP contribution in [0.2, 0.25) is 0 Å². The predicted octanol–water partition coefficient (Wildman–Crippen LogP) is 2.64. The van der Waals surface area contributed by atoms with Crippen LogP contribution in [-0.2, 0) is 4.79 Å². The van der Waals surface area contributed by atoms with E-state index in [4.69, 9.17) is 0 Å². The van der Waals surface area contributed by atoms with Crippen molar-refractivity contribution in [1.29, 1.82) is 0 Å². The molecule has 0 aliphatic carbocycles. The van der Waals surface area contributed by atoms with Gasteiger partial charge >= 0.3 is 0 Å². The molecule has 104 valence electrons. The van der Waals surface area contributed by atoms with Gasteiger partial charge in [0.2, 0.25) is 5.91 Å². The van der Waals surface area contributed by atoms with Crippen molar-refractivity contribution in [1.82, 2.24) is 9.88 Å². The molecule has 0 spiro atoms. The molecule has 0 unspecified atom stereocenters. The second-order valence-corrected chi connectivity index (χ2v) is 4.92. The van der Waals surface area contributed by atoms with Gasteiger partial charge in [0.1, 0.15) is 0 Å². The minimum Gasteiger partial charge on any atom is -0.326 e. The van der Waals surface area contributed by atoms with E-state index in [9.17, 15) is 4.79 Å². The van der Waals surface area contributed by atoms with Crippen LogP contribution in [0, 0.1) is 0 Å². The molecule has 4 heteroatoms. The van der Waals surface area contributed by atoms with Crippen molar-refractivity contribution in [2.75, 3.05) is 26.0 Å². The van der Waals surface area contributed by atoms with Crippen molar-refractivity contribution in [3.63, 3.8) is 0 Å². The Morgan fingerprint density at radius 2 is 1.90 bits per heavy atom. The molecule has 1 amide bonds. The van der Waals surface area contributed by atoms with Gasteiger partial charge in [0.05, 0.1) is 0 Å². The number of hydrogen-bond acceptors (Lipinski definition) is 3. The van der Waals surface area contributed by atoms with E-state index in [0.717, 1.165) is 23.4 Å². The largest absolute Gasteiger partial charge is 0.326 e. The third kappa shape index (κ3) is 4.17.